The topological polar surface area (TPSA) is 46.2 Å². The van der Waals surface area contributed by atoms with Crippen molar-refractivity contribution in [3.05, 3.63) is 53.6 Å². The number of halogens is 3. The van der Waals surface area contributed by atoms with Gasteiger partial charge in [-0.25, -0.2) is 0 Å². The number of carbonyl (C=O) groups excluding carboxylic acids is 2. The molecule has 1 heterocycles. The number of ketones is 1. The predicted molar refractivity (Wildman–Crippen MR) is 74.6 cm³/mol. The Labute approximate surface area is 123 Å². The van der Waals surface area contributed by atoms with Crippen LogP contribution >= 0.6 is 0 Å². The largest absolute Gasteiger partial charge is 0.454 e. The van der Waals surface area contributed by atoms with E-state index in [9.17, 15) is 22.8 Å². The predicted octanol–water partition coefficient (Wildman–Crippen LogP) is 3.59. The van der Waals surface area contributed by atoms with Gasteiger partial charge < -0.3 is 5.32 Å². The van der Waals surface area contributed by atoms with Crippen molar-refractivity contribution < 1.29 is 22.8 Å². The quantitative estimate of drug-likeness (QED) is 0.862. The van der Waals surface area contributed by atoms with Gasteiger partial charge >= 0.3 is 6.18 Å². The van der Waals surface area contributed by atoms with E-state index in [1.165, 1.54) is 12.1 Å². The number of alkyl halides is 3. The molecule has 0 bridgehead atoms. The third kappa shape index (κ3) is 2.59. The van der Waals surface area contributed by atoms with Crippen molar-refractivity contribution in [3.8, 4) is 11.1 Å². The fourth-order valence-corrected chi connectivity index (χ4v) is 2.40. The van der Waals surface area contributed by atoms with E-state index in [2.05, 4.69) is 5.32 Å². The van der Waals surface area contributed by atoms with Crippen molar-refractivity contribution in [1.29, 1.82) is 0 Å². The molecule has 3 nitrogen and oxygen atoms in total. The maximum absolute atomic E-state index is 12.5. The molecule has 0 saturated heterocycles. The van der Waals surface area contributed by atoms with Gasteiger partial charge in [0, 0.05) is 11.3 Å². The van der Waals surface area contributed by atoms with E-state index < -0.39 is 17.5 Å². The average Bonchev–Trinajstić information content (AvgIpc) is 2.84. The van der Waals surface area contributed by atoms with Gasteiger partial charge in [0.25, 0.3) is 5.78 Å². The first-order chi connectivity index (χ1) is 10.3. The van der Waals surface area contributed by atoms with Crippen molar-refractivity contribution >= 4 is 17.4 Å². The summed E-state index contributed by atoms with van der Waals surface area (Å²) in [4.78, 5) is 22.6. The van der Waals surface area contributed by atoms with Crippen LogP contribution in [0, 0.1) is 0 Å². The standard InChI is InChI=1S/C16H10F3NO2/c17-16(18,19)15(22)12-3-1-2-9(6-12)10-4-5-11-8-14(21)20-13(11)7-10/h1-7H,8H2,(H,20,21). The SMILES string of the molecule is O=C1Cc2ccc(-c3cccc(C(=O)C(F)(F)F)c3)cc2N1. The van der Waals surface area contributed by atoms with E-state index in [0.717, 1.165) is 11.6 Å². The summed E-state index contributed by atoms with van der Waals surface area (Å²) >= 11 is 0. The van der Waals surface area contributed by atoms with Crippen molar-refractivity contribution in [3.63, 3.8) is 0 Å². The number of anilines is 1. The lowest BCUT2D eigenvalue weighted by Gasteiger charge is -2.08. The molecule has 3 rings (SSSR count). The highest BCUT2D eigenvalue weighted by atomic mass is 19.4. The lowest BCUT2D eigenvalue weighted by Crippen LogP contribution is -2.22. The molecule has 0 saturated carbocycles. The van der Waals surface area contributed by atoms with Gasteiger partial charge in [0.1, 0.15) is 0 Å². The van der Waals surface area contributed by atoms with Gasteiger partial charge in [0.15, 0.2) is 0 Å². The molecule has 2 aromatic rings. The lowest BCUT2D eigenvalue weighted by atomic mass is 9.99. The second-order valence-corrected chi connectivity index (χ2v) is 5.00. The molecule has 112 valence electrons. The Kier molecular flexibility index (Phi) is 3.24. The number of amides is 1. The van der Waals surface area contributed by atoms with Crippen LogP contribution in [0.5, 0.6) is 0 Å². The zero-order valence-corrected chi connectivity index (χ0v) is 11.2. The first kappa shape index (κ1) is 14.3. The number of hydrogen-bond donors (Lipinski definition) is 1. The Morgan fingerprint density at radius 2 is 1.77 bits per heavy atom. The minimum atomic E-state index is -4.90. The van der Waals surface area contributed by atoms with Crippen molar-refractivity contribution in [2.45, 2.75) is 12.6 Å². The number of fused-ring (bicyclic) bond motifs is 1. The minimum absolute atomic E-state index is 0.117. The van der Waals surface area contributed by atoms with Gasteiger partial charge in [-0.15, -0.1) is 0 Å². The van der Waals surface area contributed by atoms with E-state index in [1.54, 1.807) is 24.3 Å². The fourth-order valence-electron chi connectivity index (χ4n) is 2.40. The molecule has 0 radical (unpaired) electrons. The zero-order chi connectivity index (χ0) is 15.9. The van der Waals surface area contributed by atoms with Crippen molar-refractivity contribution in [2.75, 3.05) is 5.32 Å². The van der Waals surface area contributed by atoms with Crippen LogP contribution in [0.3, 0.4) is 0 Å². The highest BCUT2D eigenvalue weighted by Crippen LogP contribution is 2.30. The number of nitrogens with one attached hydrogen (secondary N) is 1. The molecule has 1 aliphatic rings. The van der Waals surface area contributed by atoms with Gasteiger partial charge in [0.2, 0.25) is 5.91 Å². The number of rotatable bonds is 2. The number of benzene rings is 2. The molecular formula is C16H10F3NO2. The Morgan fingerprint density at radius 3 is 2.50 bits per heavy atom. The summed E-state index contributed by atoms with van der Waals surface area (Å²) in [7, 11) is 0. The Bertz CT molecular complexity index is 781. The summed E-state index contributed by atoms with van der Waals surface area (Å²) < 4.78 is 37.5. The molecule has 0 fully saturated rings. The average molecular weight is 305 g/mol. The van der Waals surface area contributed by atoms with Crippen LogP contribution in [0.2, 0.25) is 0 Å². The maximum atomic E-state index is 12.5. The first-order valence-corrected chi connectivity index (χ1v) is 6.49. The van der Waals surface area contributed by atoms with Crippen molar-refractivity contribution in [2.24, 2.45) is 0 Å². The van der Waals surface area contributed by atoms with Crippen LogP contribution in [-0.2, 0) is 11.2 Å². The molecule has 1 N–H and O–H groups in total. The van der Waals surface area contributed by atoms with Crippen LogP contribution in [0.1, 0.15) is 15.9 Å². The molecule has 6 heteroatoms. The Hall–Kier alpha value is -2.63. The molecule has 0 unspecified atom stereocenters. The molecule has 2 aromatic carbocycles. The summed E-state index contributed by atoms with van der Waals surface area (Å²) in [6.45, 7) is 0. The molecule has 1 amide bonds. The minimum Gasteiger partial charge on any atom is -0.326 e. The molecular weight excluding hydrogens is 295 g/mol. The highest BCUT2D eigenvalue weighted by molar-refractivity contribution is 6.02. The van der Waals surface area contributed by atoms with Crippen LogP contribution in [0.4, 0.5) is 18.9 Å². The van der Waals surface area contributed by atoms with Gasteiger partial charge in [-0.2, -0.15) is 13.2 Å². The van der Waals surface area contributed by atoms with E-state index in [0.29, 0.717) is 23.2 Å². The molecule has 0 aliphatic carbocycles. The first-order valence-electron chi connectivity index (χ1n) is 6.49. The zero-order valence-electron chi connectivity index (χ0n) is 11.2. The van der Waals surface area contributed by atoms with Gasteiger partial charge in [-0.1, -0.05) is 30.3 Å². The fraction of sp³-hybridized carbons (Fsp3) is 0.125. The highest BCUT2D eigenvalue weighted by Gasteiger charge is 2.39. The normalized spacial score (nSPS) is 13.7. The van der Waals surface area contributed by atoms with Crippen LogP contribution in [0.15, 0.2) is 42.5 Å². The summed E-state index contributed by atoms with van der Waals surface area (Å²) in [5, 5.41) is 2.68. The summed E-state index contributed by atoms with van der Waals surface area (Å²) in [5.41, 5.74) is 2.21. The molecule has 0 spiro atoms. The molecule has 1 aliphatic heterocycles. The lowest BCUT2D eigenvalue weighted by molar-refractivity contribution is -0.115. The third-order valence-electron chi connectivity index (χ3n) is 3.45. The summed E-state index contributed by atoms with van der Waals surface area (Å²) in [6, 6.07) is 10.5. The number of Topliss-reactive ketones (excluding diaryl/α,β-unsaturated/α-hetero) is 1. The summed E-state index contributed by atoms with van der Waals surface area (Å²) in [5.74, 6) is -1.99. The van der Waals surface area contributed by atoms with Crippen LogP contribution in [-0.4, -0.2) is 17.9 Å². The Morgan fingerprint density at radius 1 is 1.05 bits per heavy atom. The van der Waals surface area contributed by atoms with E-state index in [1.807, 2.05) is 0 Å². The van der Waals surface area contributed by atoms with Crippen LogP contribution < -0.4 is 5.32 Å². The summed E-state index contributed by atoms with van der Waals surface area (Å²) in [6.07, 6.45) is -4.60. The second kappa shape index (κ2) is 4.98. The van der Waals surface area contributed by atoms with Gasteiger partial charge in [-0.05, 0) is 28.8 Å². The van der Waals surface area contributed by atoms with E-state index in [-0.39, 0.29) is 5.91 Å². The van der Waals surface area contributed by atoms with Gasteiger partial charge in [0.05, 0.1) is 6.42 Å². The van der Waals surface area contributed by atoms with Gasteiger partial charge in [-0.3, -0.25) is 9.59 Å². The second-order valence-electron chi connectivity index (χ2n) is 5.00. The number of hydrogen-bond acceptors (Lipinski definition) is 2. The maximum Gasteiger partial charge on any atom is 0.454 e. The third-order valence-corrected chi connectivity index (χ3v) is 3.45. The molecule has 0 atom stereocenters. The monoisotopic (exact) mass is 305 g/mol. The number of carbonyl (C=O) groups is 2. The van der Waals surface area contributed by atoms with Crippen molar-refractivity contribution in [1.82, 2.24) is 0 Å². The van der Waals surface area contributed by atoms with E-state index >= 15 is 0 Å². The van der Waals surface area contributed by atoms with Crippen LogP contribution in [0.25, 0.3) is 11.1 Å². The molecule has 22 heavy (non-hydrogen) atoms. The molecule has 0 aromatic heterocycles. The smallest absolute Gasteiger partial charge is 0.326 e. The van der Waals surface area contributed by atoms with E-state index in [4.69, 9.17) is 0 Å². The Balaban J connectivity index is 1.98.